The summed E-state index contributed by atoms with van der Waals surface area (Å²) in [5, 5.41) is 3.97. The Morgan fingerprint density at radius 2 is 1.88 bits per heavy atom. The molecule has 0 amide bonds. The maximum absolute atomic E-state index is 13.4. The summed E-state index contributed by atoms with van der Waals surface area (Å²) in [5.41, 5.74) is 2.76. The van der Waals surface area contributed by atoms with E-state index >= 15 is 0 Å². The van der Waals surface area contributed by atoms with E-state index in [9.17, 15) is 17.6 Å². The molecule has 3 aliphatic rings. The van der Waals surface area contributed by atoms with Crippen molar-refractivity contribution in [2.45, 2.75) is 57.1 Å². The van der Waals surface area contributed by atoms with Gasteiger partial charge < -0.3 is 0 Å². The number of rotatable bonds is 4. The smallest absolute Gasteiger partial charge is 0.217 e. The van der Waals surface area contributed by atoms with Crippen LogP contribution in [0, 0.1) is 11.2 Å². The monoisotopic (exact) mass is 457 g/mol. The first-order valence-corrected chi connectivity index (χ1v) is 12.9. The highest BCUT2D eigenvalue weighted by atomic mass is 32.2. The molecule has 0 bridgehead atoms. The van der Waals surface area contributed by atoms with Gasteiger partial charge in [-0.3, -0.25) is 4.79 Å². The Kier molecular flexibility index (Phi) is 5.33. The van der Waals surface area contributed by atoms with Crippen LogP contribution in [0.25, 0.3) is 11.8 Å². The zero-order valence-corrected chi connectivity index (χ0v) is 19.1. The molecule has 2 aromatic rings. The Balaban J connectivity index is 1.49. The first-order chi connectivity index (χ1) is 15.3. The Bertz CT molecular complexity index is 1180. The van der Waals surface area contributed by atoms with Crippen molar-refractivity contribution in [2.24, 2.45) is 5.41 Å². The maximum Gasteiger partial charge on any atom is 0.217 e. The summed E-state index contributed by atoms with van der Waals surface area (Å²) in [6.45, 7) is 2.76. The Hall–Kier alpha value is -2.32. The molecular formula is C24H28FN3O3S. The van der Waals surface area contributed by atoms with Crippen LogP contribution >= 0.6 is 0 Å². The van der Waals surface area contributed by atoms with Gasteiger partial charge in [-0.1, -0.05) is 12.0 Å². The lowest BCUT2D eigenvalue weighted by atomic mass is 9.62. The van der Waals surface area contributed by atoms with Gasteiger partial charge in [0.2, 0.25) is 10.0 Å². The highest BCUT2D eigenvalue weighted by Gasteiger charge is 2.50. The minimum Gasteiger partial charge on any atom is -0.299 e. The molecule has 6 nitrogen and oxygen atoms in total. The first kappa shape index (κ1) is 21.5. The summed E-state index contributed by atoms with van der Waals surface area (Å²) in [6, 6.07) is 6.15. The van der Waals surface area contributed by atoms with Gasteiger partial charge >= 0.3 is 0 Å². The minimum absolute atomic E-state index is 0.0162. The lowest BCUT2D eigenvalue weighted by Gasteiger charge is -2.44. The molecular weight excluding hydrogens is 429 g/mol. The summed E-state index contributed by atoms with van der Waals surface area (Å²) in [4.78, 5) is 13.0. The van der Waals surface area contributed by atoms with E-state index in [2.05, 4.69) is 5.10 Å². The lowest BCUT2D eigenvalue weighted by molar-refractivity contribution is -0.125. The fourth-order valence-electron chi connectivity index (χ4n) is 5.61. The Morgan fingerprint density at radius 3 is 2.56 bits per heavy atom. The van der Waals surface area contributed by atoms with Crippen LogP contribution < -0.4 is 0 Å². The number of Topliss-reactive ketones (excluding diaryl/α,β-unsaturated/α-hetero) is 1. The van der Waals surface area contributed by atoms with Gasteiger partial charge in [0.1, 0.15) is 11.6 Å². The van der Waals surface area contributed by atoms with Crippen LogP contribution in [0.2, 0.25) is 0 Å². The van der Waals surface area contributed by atoms with Gasteiger partial charge in [-0.05, 0) is 81.4 Å². The van der Waals surface area contributed by atoms with Crippen LogP contribution in [-0.4, -0.2) is 46.6 Å². The number of benzene rings is 1. The third-order valence-corrected chi connectivity index (χ3v) is 9.79. The van der Waals surface area contributed by atoms with Crippen molar-refractivity contribution >= 4 is 21.9 Å². The lowest BCUT2D eigenvalue weighted by Crippen LogP contribution is -2.49. The van der Waals surface area contributed by atoms with Gasteiger partial charge in [-0.15, -0.1) is 0 Å². The standard InChI is InChI=1S/C24H28FN3O3S/c1-17(29)24-14-18-16-26-28(21-8-6-20(25)7-9-21)23(18)13-19(24)5-10-22(15-24)32(30,31)27-11-3-2-4-12-27/h6-9,13,16,22H,2-5,10-12,14-15H2,1H3/t22-,24+/m0/s1. The van der Waals surface area contributed by atoms with Crippen molar-refractivity contribution in [3.8, 4) is 5.69 Å². The van der Waals surface area contributed by atoms with Gasteiger partial charge in [-0.25, -0.2) is 21.8 Å². The molecule has 0 N–H and O–H groups in total. The summed E-state index contributed by atoms with van der Waals surface area (Å²) in [7, 11) is -3.43. The Labute approximate surface area is 188 Å². The van der Waals surface area contributed by atoms with Gasteiger partial charge in [0, 0.05) is 13.1 Å². The second kappa shape index (κ2) is 7.92. The van der Waals surface area contributed by atoms with Gasteiger partial charge in [-0.2, -0.15) is 5.10 Å². The molecule has 1 aliphatic heterocycles. The molecule has 8 heteroatoms. The zero-order valence-electron chi connectivity index (χ0n) is 18.3. The van der Waals surface area contributed by atoms with E-state index in [0.29, 0.717) is 38.8 Å². The van der Waals surface area contributed by atoms with Gasteiger partial charge in [0.15, 0.2) is 0 Å². The summed E-state index contributed by atoms with van der Waals surface area (Å²) in [5.74, 6) is -0.292. The molecule has 2 aliphatic carbocycles. The third kappa shape index (κ3) is 3.44. The quantitative estimate of drug-likeness (QED) is 0.698. The topological polar surface area (TPSA) is 72.3 Å². The maximum atomic E-state index is 13.4. The number of hydrogen-bond acceptors (Lipinski definition) is 4. The predicted octanol–water partition coefficient (Wildman–Crippen LogP) is 3.89. The van der Waals surface area contributed by atoms with Crippen LogP contribution in [0.5, 0.6) is 0 Å². The minimum atomic E-state index is -3.43. The molecule has 1 aromatic carbocycles. The summed E-state index contributed by atoms with van der Waals surface area (Å²) in [6.07, 6.45) is 8.53. The predicted molar refractivity (Wildman–Crippen MR) is 120 cm³/mol. The molecule has 2 heterocycles. The van der Waals surface area contributed by atoms with Crippen LogP contribution in [0.3, 0.4) is 0 Å². The number of carbonyl (C=O) groups is 1. The molecule has 2 fully saturated rings. The number of allylic oxidation sites excluding steroid dienone is 1. The average molecular weight is 458 g/mol. The molecule has 2 atom stereocenters. The Morgan fingerprint density at radius 1 is 1.16 bits per heavy atom. The van der Waals surface area contributed by atoms with Crippen molar-refractivity contribution in [3.63, 3.8) is 0 Å². The van der Waals surface area contributed by atoms with Crippen molar-refractivity contribution in [3.05, 3.63) is 53.1 Å². The molecule has 1 saturated heterocycles. The number of sulfonamides is 1. The fourth-order valence-corrected chi connectivity index (χ4v) is 7.71. The molecule has 1 aromatic heterocycles. The van der Waals surface area contributed by atoms with Crippen molar-refractivity contribution in [1.29, 1.82) is 0 Å². The van der Waals surface area contributed by atoms with Gasteiger partial charge in [0.05, 0.1) is 28.2 Å². The number of aromatic nitrogens is 2. The van der Waals surface area contributed by atoms with Crippen LogP contribution in [0.15, 0.2) is 36.0 Å². The molecule has 1 saturated carbocycles. The number of carbonyl (C=O) groups excluding carboxylic acids is 1. The molecule has 0 radical (unpaired) electrons. The molecule has 0 unspecified atom stereocenters. The van der Waals surface area contributed by atoms with E-state index in [1.165, 1.54) is 12.1 Å². The highest BCUT2D eigenvalue weighted by Crippen LogP contribution is 2.50. The third-order valence-electron chi connectivity index (χ3n) is 7.46. The zero-order chi connectivity index (χ0) is 22.5. The van der Waals surface area contributed by atoms with Crippen molar-refractivity contribution in [2.75, 3.05) is 13.1 Å². The number of fused-ring (bicyclic) bond motifs is 2. The van der Waals surface area contributed by atoms with E-state index in [0.717, 1.165) is 41.8 Å². The van der Waals surface area contributed by atoms with E-state index in [1.54, 1.807) is 34.2 Å². The molecule has 32 heavy (non-hydrogen) atoms. The second-order valence-corrected chi connectivity index (χ2v) is 11.5. The van der Waals surface area contributed by atoms with Crippen molar-refractivity contribution in [1.82, 2.24) is 14.1 Å². The molecule has 5 rings (SSSR count). The van der Waals surface area contributed by atoms with Crippen LogP contribution in [0.1, 0.15) is 56.7 Å². The van der Waals surface area contributed by atoms with Crippen molar-refractivity contribution < 1.29 is 17.6 Å². The first-order valence-electron chi connectivity index (χ1n) is 11.4. The molecule has 170 valence electrons. The average Bonchev–Trinajstić information content (AvgIpc) is 3.20. The normalized spacial score (nSPS) is 26.2. The van der Waals surface area contributed by atoms with E-state index in [-0.39, 0.29) is 11.6 Å². The van der Waals surface area contributed by atoms with E-state index in [1.807, 2.05) is 6.08 Å². The van der Waals surface area contributed by atoms with E-state index in [4.69, 9.17) is 0 Å². The number of halogens is 1. The largest absolute Gasteiger partial charge is 0.299 e. The highest BCUT2D eigenvalue weighted by molar-refractivity contribution is 7.89. The number of ketones is 1. The second-order valence-electron chi connectivity index (χ2n) is 9.30. The molecule has 0 spiro atoms. The van der Waals surface area contributed by atoms with Gasteiger partial charge in [0.25, 0.3) is 0 Å². The van der Waals surface area contributed by atoms with Crippen LogP contribution in [0.4, 0.5) is 4.39 Å². The summed E-state index contributed by atoms with van der Waals surface area (Å²) < 4.78 is 43.6. The summed E-state index contributed by atoms with van der Waals surface area (Å²) >= 11 is 0. The van der Waals surface area contributed by atoms with E-state index < -0.39 is 20.7 Å². The van der Waals surface area contributed by atoms with Crippen LogP contribution in [-0.2, 0) is 21.2 Å². The number of nitrogens with zero attached hydrogens (tertiary/aromatic N) is 3. The number of hydrogen-bond donors (Lipinski definition) is 0. The fraction of sp³-hybridized carbons (Fsp3) is 0.500. The number of piperidine rings is 1. The SMILES string of the molecule is CC(=O)[C@]12Cc3cnn(-c4ccc(F)cc4)c3C=C1CC[C@H](S(=O)(=O)N1CCCCC1)C2.